The van der Waals surface area contributed by atoms with Gasteiger partial charge in [0, 0.05) is 0 Å². The van der Waals surface area contributed by atoms with Crippen molar-refractivity contribution in [1.82, 2.24) is 10.3 Å². The lowest BCUT2D eigenvalue weighted by Crippen LogP contribution is -2.24. The summed E-state index contributed by atoms with van der Waals surface area (Å²) in [6.07, 6.45) is 1.49. The highest BCUT2D eigenvalue weighted by Crippen LogP contribution is 2.28. The van der Waals surface area contributed by atoms with Gasteiger partial charge in [0.05, 0.1) is 13.3 Å². The van der Waals surface area contributed by atoms with E-state index in [1.54, 1.807) is 25.3 Å². The number of urea groups is 1. The van der Waals surface area contributed by atoms with Gasteiger partial charge < -0.3 is 9.47 Å². The molecule has 7 heteroatoms. The lowest BCUT2D eigenvalue weighted by Gasteiger charge is -2.11. The van der Waals surface area contributed by atoms with Crippen molar-refractivity contribution in [1.29, 1.82) is 0 Å². The van der Waals surface area contributed by atoms with Crippen molar-refractivity contribution in [3.05, 3.63) is 59.7 Å². The molecule has 1 saturated heterocycles. The van der Waals surface area contributed by atoms with Crippen LogP contribution in [0.1, 0.15) is 11.1 Å². The number of benzene rings is 2. The van der Waals surface area contributed by atoms with Crippen LogP contribution in [0, 0.1) is 0 Å². The molecule has 0 unspecified atom stereocenters. The van der Waals surface area contributed by atoms with E-state index in [0.717, 1.165) is 16.1 Å². The van der Waals surface area contributed by atoms with Crippen molar-refractivity contribution in [2.24, 2.45) is 5.10 Å². The molecule has 0 aliphatic carbocycles. The van der Waals surface area contributed by atoms with Gasteiger partial charge in [-0.05, 0) is 29.3 Å². The van der Waals surface area contributed by atoms with Gasteiger partial charge in [-0.2, -0.15) is 5.10 Å². The Morgan fingerprint density at radius 2 is 1.96 bits per heavy atom. The number of hydrazone groups is 1. The minimum atomic E-state index is -0.531. The van der Waals surface area contributed by atoms with E-state index in [9.17, 15) is 9.59 Å². The van der Waals surface area contributed by atoms with E-state index < -0.39 is 6.03 Å². The zero-order valence-corrected chi connectivity index (χ0v) is 13.6. The minimum absolute atomic E-state index is 0.0786. The Labute approximate surface area is 144 Å². The molecule has 2 aromatic carbocycles. The van der Waals surface area contributed by atoms with E-state index in [4.69, 9.17) is 9.47 Å². The summed E-state index contributed by atoms with van der Waals surface area (Å²) in [4.78, 5) is 22.6. The topological polar surface area (TPSA) is 80.2 Å². The Morgan fingerprint density at radius 3 is 2.64 bits per heavy atom. The third-order valence-corrected chi connectivity index (χ3v) is 3.55. The molecule has 3 amide bonds. The molecule has 25 heavy (non-hydrogen) atoms. The molecule has 128 valence electrons. The van der Waals surface area contributed by atoms with Gasteiger partial charge in [-0.15, -0.1) is 0 Å². The first kappa shape index (κ1) is 16.5. The number of hydrogen-bond acceptors (Lipinski definition) is 5. The van der Waals surface area contributed by atoms with Crippen LogP contribution in [-0.4, -0.2) is 36.8 Å². The van der Waals surface area contributed by atoms with Crippen LogP contribution in [0.15, 0.2) is 53.6 Å². The van der Waals surface area contributed by atoms with Crippen molar-refractivity contribution in [2.75, 3.05) is 13.7 Å². The average molecular weight is 339 g/mol. The summed E-state index contributed by atoms with van der Waals surface area (Å²) in [5.74, 6) is 0.795. The molecular weight excluding hydrogens is 322 g/mol. The van der Waals surface area contributed by atoms with Crippen molar-refractivity contribution >= 4 is 18.2 Å². The Balaban J connectivity index is 1.69. The molecule has 0 aromatic heterocycles. The maximum Gasteiger partial charge on any atom is 0.344 e. The minimum Gasteiger partial charge on any atom is -0.493 e. The SMILES string of the molecule is COc1cc(/C=N\N2CC(=O)NC2=O)ccc1OCc1ccccc1. The number of carbonyl (C=O) groups is 2. The van der Waals surface area contributed by atoms with Gasteiger partial charge in [0.15, 0.2) is 11.5 Å². The number of nitrogens with zero attached hydrogens (tertiary/aromatic N) is 2. The Morgan fingerprint density at radius 1 is 1.16 bits per heavy atom. The van der Waals surface area contributed by atoms with Gasteiger partial charge in [0.1, 0.15) is 13.2 Å². The molecule has 1 heterocycles. The molecule has 0 atom stereocenters. The summed E-state index contributed by atoms with van der Waals surface area (Å²) in [5, 5.41) is 7.22. The van der Waals surface area contributed by atoms with Crippen LogP contribution in [0.3, 0.4) is 0 Å². The first-order chi connectivity index (χ1) is 12.2. The molecule has 1 aliphatic heterocycles. The highest BCUT2D eigenvalue weighted by atomic mass is 16.5. The number of nitrogens with one attached hydrogen (secondary N) is 1. The molecule has 0 bridgehead atoms. The van der Waals surface area contributed by atoms with Gasteiger partial charge in [-0.3, -0.25) is 10.1 Å². The molecule has 0 radical (unpaired) electrons. The van der Waals surface area contributed by atoms with E-state index in [1.165, 1.54) is 6.21 Å². The summed E-state index contributed by atoms with van der Waals surface area (Å²) in [7, 11) is 1.55. The fraction of sp³-hybridized carbons (Fsp3) is 0.167. The Hall–Kier alpha value is -3.35. The standard InChI is InChI=1S/C18H17N3O4/c1-24-16-9-14(10-19-21-11-17(22)20-18(21)23)7-8-15(16)25-12-13-5-3-2-4-6-13/h2-10H,11-12H2,1H3,(H,20,22,23)/b19-10-. The molecule has 2 aromatic rings. The van der Waals surface area contributed by atoms with Gasteiger partial charge in [-0.25, -0.2) is 9.80 Å². The highest BCUT2D eigenvalue weighted by Gasteiger charge is 2.25. The number of rotatable bonds is 6. The van der Waals surface area contributed by atoms with E-state index in [0.29, 0.717) is 18.1 Å². The zero-order valence-electron chi connectivity index (χ0n) is 13.6. The van der Waals surface area contributed by atoms with Crippen molar-refractivity contribution in [3.63, 3.8) is 0 Å². The van der Waals surface area contributed by atoms with Gasteiger partial charge in [0.25, 0.3) is 0 Å². The first-order valence-corrected chi connectivity index (χ1v) is 7.66. The third-order valence-electron chi connectivity index (χ3n) is 3.55. The number of ether oxygens (including phenoxy) is 2. The van der Waals surface area contributed by atoms with Crippen LogP contribution in [0.4, 0.5) is 4.79 Å². The lowest BCUT2D eigenvalue weighted by molar-refractivity contribution is -0.118. The lowest BCUT2D eigenvalue weighted by atomic mass is 10.2. The molecule has 1 fully saturated rings. The van der Waals surface area contributed by atoms with Crippen molar-refractivity contribution < 1.29 is 19.1 Å². The number of hydrogen-bond donors (Lipinski definition) is 1. The van der Waals surface area contributed by atoms with Gasteiger partial charge in [-0.1, -0.05) is 30.3 Å². The summed E-state index contributed by atoms with van der Waals surface area (Å²) in [6, 6.07) is 14.6. The van der Waals surface area contributed by atoms with Crippen LogP contribution < -0.4 is 14.8 Å². The van der Waals surface area contributed by atoms with Crippen molar-refractivity contribution in [3.8, 4) is 11.5 Å². The zero-order chi connectivity index (χ0) is 17.6. The maximum atomic E-state index is 11.4. The molecule has 0 saturated carbocycles. The van der Waals surface area contributed by atoms with Crippen LogP contribution >= 0.6 is 0 Å². The summed E-state index contributed by atoms with van der Waals surface area (Å²) >= 11 is 0. The number of imide groups is 1. The van der Waals surface area contributed by atoms with E-state index in [-0.39, 0.29) is 12.5 Å². The molecule has 3 rings (SSSR count). The second kappa shape index (κ2) is 7.48. The summed E-state index contributed by atoms with van der Waals surface area (Å²) < 4.78 is 11.1. The fourth-order valence-corrected chi connectivity index (χ4v) is 2.28. The summed E-state index contributed by atoms with van der Waals surface area (Å²) in [5.41, 5.74) is 1.77. The molecule has 1 aliphatic rings. The Bertz CT molecular complexity index is 805. The van der Waals surface area contributed by atoms with E-state index >= 15 is 0 Å². The quantitative estimate of drug-likeness (QED) is 0.646. The van der Waals surface area contributed by atoms with Crippen LogP contribution in [0.5, 0.6) is 11.5 Å². The second-order valence-corrected chi connectivity index (χ2v) is 5.34. The predicted molar refractivity (Wildman–Crippen MR) is 91.6 cm³/mol. The molecule has 1 N–H and O–H groups in total. The smallest absolute Gasteiger partial charge is 0.344 e. The fourth-order valence-electron chi connectivity index (χ4n) is 2.28. The second-order valence-electron chi connectivity index (χ2n) is 5.34. The van der Waals surface area contributed by atoms with Crippen molar-refractivity contribution in [2.45, 2.75) is 6.61 Å². The van der Waals surface area contributed by atoms with Crippen LogP contribution in [-0.2, 0) is 11.4 Å². The largest absolute Gasteiger partial charge is 0.493 e. The van der Waals surface area contributed by atoms with Crippen LogP contribution in [0.2, 0.25) is 0 Å². The molecular formula is C18H17N3O4. The van der Waals surface area contributed by atoms with Crippen LogP contribution in [0.25, 0.3) is 0 Å². The predicted octanol–water partition coefficient (Wildman–Crippen LogP) is 2.16. The molecule has 7 nitrogen and oxygen atoms in total. The normalized spacial score (nSPS) is 14.0. The highest BCUT2D eigenvalue weighted by molar-refractivity contribution is 6.02. The van der Waals surface area contributed by atoms with E-state index in [2.05, 4.69) is 10.4 Å². The van der Waals surface area contributed by atoms with E-state index in [1.807, 2.05) is 30.3 Å². The Kier molecular flexibility index (Phi) is 4.94. The summed E-state index contributed by atoms with van der Waals surface area (Å²) in [6.45, 7) is 0.353. The van der Waals surface area contributed by atoms with Gasteiger partial charge in [0.2, 0.25) is 5.91 Å². The number of amides is 3. The number of carbonyl (C=O) groups excluding carboxylic acids is 2. The van der Waals surface area contributed by atoms with Gasteiger partial charge >= 0.3 is 6.03 Å². The molecule has 0 spiro atoms. The first-order valence-electron chi connectivity index (χ1n) is 7.66. The monoisotopic (exact) mass is 339 g/mol. The number of methoxy groups -OCH3 is 1. The average Bonchev–Trinajstić information content (AvgIpc) is 2.96. The maximum absolute atomic E-state index is 11.4. The third kappa shape index (κ3) is 4.14.